The van der Waals surface area contributed by atoms with Crippen molar-refractivity contribution >= 4 is 12.6 Å². The van der Waals surface area contributed by atoms with Crippen molar-refractivity contribution in [2.24, 2.45) is 10.8 Å². The molecule has 2 rings (SSSR count). The molecular weight excluding hydrogens is 230 g/mol. The molecule has 2 nitrogen and oxygen atoms in total. The van der Waals surface area contributed by atoms with Crippen molar-refractivity contribution < 1.29 is 4.74 Å². The standard InChI is InChI=1S/C14H27NOS/c1-13(2)3-7-15(8-4-13)11-14(12-17)5-9-16-10-6-14/h17H,3-12H2,1-2H3. The molecular formula is C14H27NOS. The van der Waals surface area contributed by atoms with Gasteiger partial charge in [0.15, 0.2) is 0 Å². The lowest BCUT2D eigenvalue weighted by atomic mass is 9.79. The van der Waals surface area contributed by atoms with E-state index in [9.17, 15) is 0 Å². The molecule has 0 unspecified atom stereocenters. The Hall–Kier alpha value is 0.270. The predicted octanol–water partition coefficient (Wildman–Crippen LogP) is 2.84. The molecule has 0 bridgehead atoms. The monoisotopic (exact) mass is 257 g/mol. The third-order valence-electron chi connectivity index (χ3n) is 4.66. The Balaban J connectivity index is 1.87. The summed E-state index contributed by atoms with van der Waals surface area (Å²) in [6.07, 6.45) is 5.06. The fraction of sp³-hybridized carbons (Fsp3) is 1.00. The number of thiol groups is 1. The van der Waals surface area contributed by atoms with E-state index in [1.165, 1.54) is 45.3 Å². The molecule has 0 aliphatic carbocycles. The zero-order chi connectivity index (χ0) is 12.4. The Morgan fingerprint density at radius 2 is 1.65 bits per heavy atom. The second-order valence-electron chi connectivity index (χ2n) is 6.71. The lowest BCUT2D eigenvalue weighted by Crippen LogP contribution is -2.46. The molecule has 0 spiro atoms. The van der Waals surface area contributed by atoms with Crippen molar-refractivity contribution in [3.05, 3.63) is 0 Å². The fourth-order valence-corrected chi connectivity index (χ4v) is 3.38. The van der Waals surface area contributed by atoms with Crippen LogP contribution in [0.3, 0.4) is 0 Å². The van der Waals surface area contributed by atoms with Gasteiger partial charge in [-0.15, -0.1) is 0 Å². The van der Waals surface area contributed by atoms with E-state index in [-0.39, 0.29) is 0 Å². The van der Waals surface area contributed by atoms with Gasteiger partial charge in [-0.25, -0.2) is 0 Å². The average molecular weight is 257 g/mol. The van der Waals surface area contributed by atoms with Crippen LogP contribution in [0, 0.1) is 10.8 Å². The largest absolute Gasteiger partial charge is 0.381 e. The molecule has 0 radical (unpaired) electrons. The normalized spacial score (nSPS) is 29.1. The number of ether oxygens (including phenoxy) is 1. The number of hydrogen-bond donors (Lipinski definition) is 1. The summed E-state index contributed by atoms with van der Waals surface area (Å²) >= 11 is 4.60. The minimum atomic E-state index is 0.419. The smallest absolute Gasteiger partial charge is 0.0472 e. The van der Waals surface area contributed by atoms with Crippen LogP contribution in [0.4, 0.5) is 0 Å². The highest BCUT2D eigenvalue weighted by Gasteiger charge is 2.35. The van der Waals surface area contributed by atoms with Crippen molar-refractivity contribution in [3.63, 3.8) is 0 Å². The predicted molar refractivity (Wildman–Crippen MR) is 75.8 cm³/mol. The van der Waals surface area contributed by atoms with Gasteiger partial charge in [0, 0.05) is 19.8 Å². The fourth-order valence-electron chi connectivity index (χ4n) is 2.96. The molecule has 2 aliphatic rings. The SMILES string of the molecule is CC1(C)CCN(CC2(CS)CCOCC2)CC1. The summed E-state index contributed by atoms with van der Waals surface area (Å²) in [6.45, 7) is 10.4. The van der Waals surface area contributed by atoms with Crippen LogP contribution in [0.5, 0.6) is 0 Å². The minimum Gasteiger partial charge on any atom is -0.381 e. The van der Waals surface area contributed by atoms with Crippen molar-refractivity contribution in [2.75, 3.05) is 38.6 Å². The first-order valence-electron chi connectivity index (χ1n) is 6.96. The van der Waals surface area contributed by atoms with E-state index in [2.05, 4.69) is 31.4 Å². The third kappa shape index (κ3) is 3.62. The minimum absolute atomic E-state index is 0.419. The maximum atomic E-state index is 5.50. The van der Waals surface area contributed by atoms with Crippen LogP contribution in [-0.4, -0.2) is 43.5 Å². The molecule has 3 heteroatoms. The van der Waals surface area contributed by atoms with Crippen molar-refractivity contribution in [1.82, 2.24) is 4.90 Å². The number of rotatable bonds is 3. The molecule has 0 atom stereocenters. The van der Waals surface area contributed by atoms with E-state index >= 15 is 0 Å². The lowest BCUT2D eigenvalue weighted by molar-refractivity contribution is -0.00200. The van der Waals surface area contributed by atoms with Gasteiger partial charge in [0.2, 0.25) is 0 Å². The molecule has 2 aliphatic heterocycles. The number of hydrogen-bond acceptors (Lipinski definition) is 3. The Kier molecular flexibility index (Phi) is 4.43. The molecule has 0 aromatic rings. The Labute approximate surface area is 112 Å². The van der Waals surface area contributed by atoms with E-state index in [1.807, 2.05) is 0 Å². The summed E-state index contributed by atoms with van der Waals surface area (Å²) < 4.78 is 5.50. The molecule has 0 aromatic heterocycles. The maximum absolute atomic E-state index is 5.50. The summed E-state index contributed by atoms with van der Waals surface area (Å²) in [6, 6.07) is 0. The molecule has 0 aromatic carbocycles. The topological polar surface area (TPSA) is 12.5 Å². The van der Waals surface area contributed by atoms with Gasteiger partial charge in [-0.2, -0.15) is 12.6 Å². The molecule has 17 heavy (non-hydrogen) atoms. The van der Waals surface area contributed by atoms with Crippen LogP contribution < -0.4 is 0 Å². The quantitative estimate of drug-likeness (QED) is 0.781. The molecule has 2 heterocycles. The van der Waals surface area contributed by atoms with Gasteiger partial charge in [-0.3, -0.25) is 0 Å². The summed E-state index contributed by atoms with van der Waals surface area (Å²) in [4.78, 5) is 2.66. The van der Waals surface area contributed by atoms with Gasteiger partial charge in [-0.1, -0.05) is 13.8 Å². The van der Waals surface area contributed by atoms with Gasteiger partial charge in [0.1, 0.15) is 0 Å². The van der Waals surface area contributed by atoms with Crippen LogP contribution in [0.1, 0.15) is 39.5 Å². The second-order valence-corrected chi connectivity index (χ2v) is 7.03. The lowest BCUT2D eigenvalue weighted by Gasteiger charge is -2.44. The highest BCUT2D eigenvalue weighted by atomic mass is 32.1. The van der Waals surface area contributed by atoms with Gasteiger partial charge in [0.25, 0.3) is 0 Å². The summed E-state index contributed by atoms with van der Waals surface area (Å²) in [5.41, 5.74) is 0.975. The highest BCUT2D eigenvalue weighted by Crippen LogP contribution is 2.36. The molecule has 2 fully saturated rings. The summed E-state index contributed by atoms with van der Waals surface area (Å²) in [5, 5.41) is 0. The number of piperidine rings is 1. The zero-order valence-corrected chi connectivity index (χ0v) is 12.3. The van der Waals surface area contributed by atoms with E-state index < -0.39 is 0 Å². The van der Waals surface area contributed by atoms with Crippen LogP contribution in [0.25, 0.3) is 0 Å². The van der Waals surface area contributed by atoms with Crippen LogP contribution in [-0.2, 0) is 4.74 Å². The van der Waals surface area contributed by atoms with Crippen molar-refractivity contribution in [1.29, 1.82) is 0 Å². The van der Waals surface area contributed by atoms with Gasteiger partial charge in [-0.05, 0) is 55.4 Å². The first kappa shape index (κ1) is 13.7. The van der Waals surface area contributed by atoms with E-state index in [4.69, 9.17) is 4.74 Å². The molecule has 0 amide bonds. The van der Waals surface area contributed by atoms with Gasteiger partial charge in [0.05, 0.1) is 0 Å². The Bertz CT molecular complexity index is 239. The zero-order valence-electron chi connectivity index (χ0n) is 11.4. The van der Waals surface area contributed by atoms with Crippen LogP contribution in [0.2, 0.25) is 0 Å². The molecule has 0 N–H and O–H groups in total. The highest BCUT2D eigenvalue weighted by molar-refractivity contribution is 7.80. The molecule has 100 valence electrons. The first-order chi connectivity index (χ1) is 8.05. The third-order valence-corrected chi connectivity index (χ3v) is 5.33. The van der Waals surface area contributed by atoms with Crippen LogP contribution >= 0.6 is 12.6 Å². The van der Waals surface area contributed by atoms with E-state index in [0.29, 0.717) is 10.8 Å². The van der Waals surface area contributed by atoms with Gasteiger partial charge < -0.3 is 9.64 Å². The second kappa shape index (κ2) is 5.50. The van der Waals surface area contributed by atoms with Crippen molar-refractivity contribution in [3.8, 4) is 0 Å². The van der Waals surface area contributed by atoms with E-state index in [0.717, 1.165) is 19.0 Å². The number of likely N-dealkylation sites (tertiary alicyclic amines) is 1. The first-order valence-corrected chi connectivity index (χ1v) is 7.60. The average Bonchev–Trinajstić information content (AvgIpc) is 2.33. The summed E-state index contributed by atoms with van der Waals surface area (Å²) in [5.74, 6) is 1.01. The Morgan fingerprint density at radius 3 is 2.18 bits per heavy atom. The van der Waals surface area contributed by atoms with E-state index in [1.54, 1.807) is 0 Å². The molecule has 0 saturated carbocycles. The number of nitrogens with zero attached hydrogens (tertiary/aromatic N) is 1. The Morgan fingerprint density at radius 1 is 1.06 bits per heavy atom. The molecule has 2 saturated heterocycles. The maximum Gasteiger partial charge on any atom is 0.0472 e. The summed E-state index contributed by atoms with van der Waals surface area (Å²) in [7, 11) is 0. The van der Waals surface area contributed by atoms with Crippen molar-refractivity contribution in [2.45, 2.75) is 39.5 Å². The van der Waals surface area contributed by atoms with Gasteiger partial charge >= 0.3 is 0 Å². The van der Waals surface area contributed by atoms with Crippen LogP contribution in [0.15, 0.2) is 0 Å².